The van der Waals surface area contributed by atoms with Gasteiger partial charge in [-0.05, 0) is 100 Å². The molecule has 0 aliphatic heterocycles. The van der Waals surface area contributed by atoms with E-state index in [-0.39, 0.29) is 55.5 Å². The number of carbonyl (C=O) groups is 8. The molecule has 7 N–H and O–H groups in total. The maximum Gasteiger partial charge on any atom is 0.416 e. The summed E-state index contributed by atoms with van der Waals surface area (Å²) in [5.41, 5.74) is -5.36. The van der Waals surface area contributed by atoms with Crippen LogP contribution in [0.4, 0.5) is 26.3 Å². The van der Waals surface area contributed by atoms with Gasteiger partial charge in [0.15, 0.2) is 23.1 Å². The van der Waals surface area contributed by atoms with Crippen LogP contribution in [0.15, 0.2) is 131 Å². The molecule has 6 aromatic rings. The predicted octanol–water partition coefficient (Wildman–Crippen LogP) is 5.98. The average molecular weight is 1550 g/mol. The first kappa shape index (κ1) is 87.6. The molecule has 564 valence electrons. The Balaban J connectivity index is 0.000000377. The molecule has 103 heavy (non-hydrogen) atoms. The molecule has 0 fully saturated rings. The lowest BCUT2D eigenvalue weighted by Crippen LogP contribution is -2.55. The fraction of sp³-hybridized carbons (Fsp3) is 0.424. The van der Waals surface area contributed by atoms with Crippen molar-refractivity contribution in [3.63, 3.8) is 0 Å². The molecule has 2 heterocycles. The zero-order valence-corrected chi connectivity index (χ0v) is 60.6. The molecule has 0 bridgehead atoms. The molecule has 37 heteroatoms. The quantitative estimate of drug-likeness (QED) is 0.0135. The van der Waals surface area contributed by atoms with Crippen molar-refractivity contribution in [3.05, 3.63) is 164 Å². The van der Waals surface area contributed by atoms with Crippen molar-refractivity contribution in [2.24, 2.45) is 11.8 Å². The summed E-state index contributed by atoms with van der Waals surface area (Å²) in [6.45, 7) is 2.87. The minimum absolute atomic E-state index is 0.0613. The number of aliphatic hydroxyl groups excluding tert-OH is 1. The summed E-state index contributed by atoms with van der Waals surface area (Å²) < 4.78 is 147. The highest BCUT2D eigenvalue weighted by molar-refractivity contribution is 8.13. The van der Waals surface area contributed by atoms with Gasteiger partial charge in [0.25, 0.3) is 31.0 Å². The molecule has 4 amide bonds. The fourth-order valence-corrected chi connectivity index (χ4v) is 12.4. The number of methoxy groups -OCH3 is 4. The molecule has 0 radical (unpaired) electrons. The predicted molar refractivity (Wildman–Crippen MR) is 362 cm³/mol. The number of ether oxygens (including phenoxy) is 4. The molecule has 8 atom stereocenters. The smallest absolute Gasteiger partial charge is 0.393 e. The Morgan fingerprint density at radius 3 is 1.17 bits per heavy atom. The summed E-state index contributed by atoms with van der Waals surface area (Å²) in [5.74, 6) is -7.59. The van der Waals surface area contributed by atoms with Gasteiger partial charge in [0.2, 0.25) is 11.8 Å². The number of halogens is 7. The lowest BCUT2D eigenvalue weighted by Gasteiger charge is -2.29. The largest absolute Gasteiger partial charge is 0.416 e. The molecule has 0 saturated heterocycles. The number of amides is 4. The number of hydrogen-bond acceptors (Lipinski definition) is 24. The van der Waals surface area contributed by atoms with E-state index in [4.69, 9.17) is 33.8 Å². The van der Waals surface area contributed by atoms with E-state index in [9.17, 15) is 96.9 Å². The minimum Gasteiger partial charge on any atom is -0.393 e. The van der Waals surface area contributed by atoms with Gasteiger partial charge in [0.1, 0.15) is 39.6 Å². The molecule has 2 aromatic heterocycles. The highest BCUT2D eigenvalue weighted by atomic mass is 35.7. The van der Waals surface area contributed by atoms with Gasteiger partial charge in [0.05, 0.1) is 100 Å². The van der Waals surface area contributed by atoms with E-state index in [2.05, 4.69) is 31.2 Å². The number of ketones is 4. The summed E-state index contributed by atoms with van der Waals surface area (Å²) in [6, 6.07) is 17.7. The molecule has 0 unspecified atom stereocenters. The number of Topliss-reactive ketones (excluding diaryl/α,β-unsaturated/α-hetero) is 4. The molecule has 0 aliphatic rings. The van der Waals surface area contributed by atoms with Crippen LogP contribution >= 0.6 is 33.4 Å². The van der Waals surface area contributed by atoms with Crippen molar-refractivity contribution >= 4 is 99.3 Å². The number of aliphatic hydroxyl groups is 3. The standard InChI is InChI=1S/C33H38F3N3O10S2.C26H35N3O8S.C7H4ClF3O2S/c1-20-37-16-28(50-20)31(43)39-26(18-48-4)27(40)15-22(17-47-3)30(42)38-25(14-21-8-6-5-7-9-21)29(41)32(2,44)19-49-51(45,46)24-12-10-23(11-13-24)33(34,35)36;1-16-27-12-22(38-16)25(34)29-20(14-37-4)21(31)11-18(13-36-3)24(33)28-19(23(32)26(2,35)15-30)10-17-8-6-5-7-9-17;8-14(12,13)6-3-1-5(2-4-6)7(9,10)11/h5-13,16,22,25-26,44H,14-15,17-19H2,1-4H3,(H,38,42)(H,39,43);5-9,12,18-20,30,35H,10-11,13-15H2,1-4H3,(H,28,33)(H,29,34);1-4H/t22-,25-,26-,32+;18-,19-,20-,26+;/m00./s1. The molecule has 0 saturated carbocycles. The third-order valence-corrected chi connectivity index (χ3v) is 19.2. The number of nitrogens with one attached hydrogen (secondary N) is 4. The first-order valence-corrected chi connectivity index (χ1v) is 35.9. The third kappa shape index (κ3) is 28.3. The van der Waals surface area contributed by atoms with Crippen molar-refractivity contribution in [3.8, 4) is 0 Å². The van der Waals surface area contributed by atoms with E-state index in [1.165, 1.54) is 52.2 Å². The van der Waals surface area contributed by atoms with Crippen LogP contribution in [0.5, 0.6) is 0 Å². The highest BCUT2D eigenvalue weighted by Gasteiger charge is 2.42. The minimum atomic E-state index is -4.73. The van der Waals surface area contributed by atoms with Gasteiger partial charge < -0.3 is 55.5 Å². The lowest BCUT2D eigenvalue weighted by atomic mass is 9.90. The number of rotatable bonds is 36. The molecule has 0 spiro atoms. The molecule has 26 nitrogen and oxygen atoms in total. The van der Waals surface area contributed by atoms with Gasteiger partial charge in [-0.2, -0.15) is 34.8 Å². The number of carbonyl (C=O) groups excluding carboxylic acids is 8. The SMILES string of the molecule is COC[C@H](CC(=O)[C@H](COC)NC(=O)c1cnc(C)s1)C(=O)N[C@@H](Cc1ccccc1)C(=O)[C@](C)(O)CO.COC[C@H](CC(=O)[C@H](COC)NC(=O)c1cnc(C)s1)C(=O)N[C@@H](Cc1ccccc1)C(=O)[C@](C)(O)COS(=O)(=O)c1ccc(C(F)(F)F)cc1.O=S(=O)(Cl)c1ccc(C(F)(F)F)cc1. The van der Waals surface area contributed by atoms with Crippen LogP contribution < -0.4 is 21.3 Å². The molecule has 0 aliphatic carbocycles. The van der Waals surface area contributed by atoms with Crippen molar-refractivity contribution in [1.29, 1.82) is 0 Å². The summed E-state index contributed by atoms with van der Waals surface area (Å²) >= 11 is 2.30. The Labute approximate surface area is 601 Å². The molecule has 4 aromatic carbocycles. The number of nitrogens with zero attached hydrogens (tertiary/aromatic N) is 2. The number of aromatic nitrogens is 2. The van der Waals surface area contributed by atoms with Crippen LogP contribution in [0, 0.1) is 25.7 Å². The number of thiazole rings is 2. The second-order valence-electron chi connectivity index (χ2n) is 23.2. The molecular formula is C66H77ClF6N6O20S4. The Hall–Kier alpha value is -7.85. The van der Waals surface area contributed by atoms with Gasteiger partial charge in [-0.15, -0.1) is 22.7 Å². The van der Waals surface area contributed by atoms with Gasteiger partial charge in [-0.1, -0.05) is 60.7 Å². The Bertz CT molecular complexity index is 4040. The van der Waals surface area contributed by atoms with Crippen LogP contribution in [-0.4, -0.2) is 192 Å². The lowest BCUT2D eigenvalue weighted by molar-refractivity contribution is -0.144. The van der Waals surface area contributed by atoms with Crippen LogP contribution in [-0.2, 0) is 96.3 Å². The highest BCUT2D eigenvalue weighted by Crippen LogP contribution is 2.32. The molecular weight excluding hydrogens is 1470 g/mol. The third-order valence-electron chi connectivity index (χ3n) is 14.7. The topological polar surface area (TPSA) is 386 Å². The maximum absolute atomic E-state index is 13.7. The summed E-state index contributed by atoms with van der Waals surface area (Å²) in [7, 11) is 1.59. The van der Waals surface area contributed by atoms with Crippen LogP contribution in [0.3, 0.4) is 0 Å². The average Bonchev–Trinajstić information content (AvgIpc) is 1.46. The van der Waals surface area contributed by atoms with E-state index in [0.29, 0.717) is 56.9 Å². The first-order valence-electron chi connectivity index (χ1n) is 30.6. The van der Waals surface area contributed by atoms with E-state index in [1.807, 2.05) is 0 Å². The van der Waals surface area contributed by atoms with Gasteiger partial charge in [0, 0.05) is 52.0 Å². The number of aryl methyl sites for hydroxylation is 2. The Morgan fingerprint density at radius 1 is 0.515 bits per heavy atom. The van der Waals surface area contributed by atoms with E-state index in [1.54, 1.807) is 74.5 Å². The maximum atomic E-state index is 13.7. The summed E-state index contributed by atoms with van der Waals surface area (Å²) in [5, 5.41) is 42.7. The van der Waals surface area contributed by atoms with Crippen molar-refractivity contribution in [2.45, 2.75) is 111 Å². The summed E-state index contributed by atoms with van der Waals surface area (Å²) in [4.78, 5) is 113. The Kier molecular flexibility index (Phi) is 33.9. The normalized spacial score (nSPS) is 14.7. The first-order chi connectivity index (χ1) is 48.1. The van der Waals surface area contributed by atoms with Crippen molar-refractivity contribution < 1.29 is 120 Å². The summed E-state index contributed by atoms with van der Waals surface area (Å²) in [6.07, 6.45) is -7.28. The number of alkyl halides is 6. The van der Waals surface area contributed by atoms with Crippen LogP contribution in [0.1, 0.15) is 78.3 Å². The number of hydrogen-bond donors (Lipinski definition) is 7. The van der Waals surface area contributed by atoms with Crippen LogP contribution in [0.25, 0.3) is 0 Å². The van der Waals surface area contributed by atoms with Crippen LogP contribution in [0.2, 0.25) is 0 Å². The monoisotopic (exact) mass is 1550 g/mol. The second kappa shape index (κ2) is 39.9. The van der Waals surface area contributed by atoms with Crippen molar-refractivity contribution in [1.82, 2.24) is 31.2 Å². The number of benzene rings is 4. The fourth-order valence-electron chi connectivity index (χ4n) is 9.26. The molecule has 6 rings (SSSR count). The van der Waals surface area contributed by atoms with E-state index < -0.39 is 161 Å². The second-order valence-corrected chi connectivity index (χ2v) is 29.9. The zero-order chi connectivity index (χ0) is 77.3. The van der Waals surface area contributed by atoms with Gasteiger partial charge in [-0.25, -0.2) is 18.4 Å². The Morgan fingerprint density at radius 2 is 0.864 bits per heavy atom. The zero-order valence-electron chi connectivity index (χ0n) is 56.5. The van der Waals surface area contributed by atoms with Crippen molar-refractivity contribution in [2.75, 3.05) is 68.1 Å². The van der Waals surface area contributed by atoms with Gasteiger partial charge in [-0.3, -0.25) is 42.5 Å². The van der Waals surface area contributed by atoms with E-state index >= 15 is 0 Å². The van der Waals surface area contributed by atoms with E-state index in [0.717, 1.165) is 42.9 Å². The van der Waals surface area contributed by atoms with Gasteiger partial charge >= 0.3 is 12.4 Å².